The van der Waals surface area contributed by atoms with Gasteiger partial charge in [0, 0.05) is 25.3 Å². The number of rotatable bonds is 4. The first kappa shape index (κ1) is 20.4. The summed E-state index contributed by atoms with van der Waals surface area (Å²) in [5.41, 5.74) is 9.70. The van der Waals surface area contributed by atoms with Crippen LogP contribution in [-0.4, -0.2) is 25.5 Å². The first-order valence-corrected chi connectivity index (χ1v) is 8.69. The molecule has 0 radical (unpaired) electrons. The molecular weight excluding hydrogens is 369 g/mol. The molecule has 1 heterocycles. The van der Waals surface area contributed by atoms with E-state index in [-0.39, 0.29) is 30.7 Å². The zero-order chi connectivity index (χ0) is 16.5. The van der Waals surface area contributed by atoms with Gasteiger partial charge in [-0.3, -0.25) is 4.79 Å². The molecule has 140 valence electrons. The Hall–Kier alpha value is -1.91. The molecule has 1 saturated carbocycles. The molecule has 2 aliphatic rings. The van der Waals surface area contributed by atoms with Crippen LogP contribution < -0.4 is 15.5 Å². The largest absolute Gasteiger partial charge is 0.399 e. The molecule has 0 bridgehead atoms. The van der Waals surface area contributed by atoms with Crippen molar-refractivity contribution < 1.29 is 4.79 Å². The number of fused-ring (bicyclic) bond motifs is 1. The van der Waals surface area contributed by atoms with Gasteiger partial charge in [-0.05, 0) is 48.6 Å². The zero-order valence-corrected chi connectivity index (χ0v) is 16.3. The Labute approximate surface area is 167 Å². The topological polar surface area (TPSA) is 49.6 Å². The molecule has 1 aliphatic heterocycles. The van der Waals surface area contributed by atoms with E-state index in [4.69, 9.17) is 5.73 Å². The Morgan fingerprint density at radius 3 is 2.27 bits per heavy atom. The summed E-state index contributed by atoms with van der Waals surface area (Å²) in [4.78, 5) is 17.2. The number of benzene rings is 2. The normalized spacial score (nSPS) is 15.5. The summed E-state index contributed by atoms with van der Waals surface area (Å²) in [6.07, 6.45) is 3.11. The number of para-hydroxylation sites is 2. The number of amides is 1. The lowest BCUT2D eigenvalue weighted by molar-refractivity contribution is -0.118. The lowest BCUT2D eigenvalue weighted by Gasteiger charge is -2.38. The summed E-state index contributed by atoms with van der Waals surface area (Å²) in [6, 6.07) is 15.9. The smallest absolute Gasteiger partial charge is 0.231 e. The molecule has 1 aliphatic carbocycles. The molecule has 1 fully saturated rings. The van der Waals surface area contributed by atoms with Crippen LogP contribution in [-0.2, 0) is 11.2 Å². The third kappa shape index (κ3) is 4.43. The predicted octanol–water partition coefficient (Wildman–Crippen LogP) is 3.92. The third-order valence-corrected chi connectivity index (χ3v) is 4.92. The molecule has 0 atom stereocenters. The lowest BCUT2D eigenvalue weighted by Crippen LogP contribution is -2.45. The van der Waals surface area contributed by atoms with Crippen LogP contribution in [0.25, 0.3) is 0 Å². The summed E-state index contributed by atoms with van der Waals surface area (Å²) in [7, 11) is 0. The van der Waals surface area contributed by atoms with Crippen LogP contribution in [0.2, 0.25) is 0 Å². The Balaban J connectivity index is 0.00000121. The fourth-order valence-corrected chi connectivity index (χ4v) is 3.39. The highest BCUT2D eigenvalue weighted by Gasteiger charge is 2.30. The molecule has 0 spiro atoms. The van der Waals surface area contributed by atoms with Crippen LogP contribution in [0.5, 0.6) is 0 Å². The highest BCUT2D eigenvalue weighted by Crippen LogP contribution is 2.37. The van der Waals surface area contributed by atoms with Gasteiger partial charge in [0.2, 0.25) is 5.91 Å². The minimum atomic E-state index is 0. The van der Waals surface area contributed by atoms with Gasteiger partial charge in [0.15, 0.2) is 0 Å². The minimum Gasteiger partial charge on any atom is -0.399 e. The monoisotopic (exact) mass is 393 g/mol. The average molecular weight is 394 g/mol. The standard InChI is InChI=1S/C20H23N3O.2ClH/c21-17-9-7-15(8-10-17)13-20(24)23-12-11-22(14-16-5-6-16)18-3-1-2-4-19(18)23;;/h1-4,7-10,16H,5-6,11-14,21H2;2*1H. The molecular formula is C20H25Cl2N3O. The van der Waals surface area contributed by atoms with Gasteiger partial charge in [-0.25, -0.2) is 0 Å². The highest BCUT2D eigenvalue weighted by molar-refractivity contribution is 5.99. The summed E-state index contributed by atoms with van der Waals surface area (Å²) in [6.45, 7) is 2.80. The van der Waals surface area contributed by atoms with Crippen LogP contribution in [0.4, 0.5) is 17.1 Å². The van der Waals surface area contributed by atoms with Crippen LogP contribution in [0.1, 0.15) is 18.4 Å². The van der Waals surface area contributed by atoms with Gasteiger partial charge in [0.1, 0.15) is 0 Å². The second kappa shape index (κ2) is 8.65. The number of nitrogen functional groups attached to an aromatic ring is 1. The van der Waals surface area contributed by atoms with E-state index in [2.05, 4.69) is 23.1 Å². The van der Waals surface area contributed by atoms with E-state index in [0.29, 0.717) is 6.42 Å². The number of hydrogen-bond acceptors (Lipinski definition) is 3. The van der Waals surface area contributed by atoms with E-state index in [9.17, 15) is 4.79 Å². The number of halogens is 2. The van der Waals surface area contributed by atoms with E-state index >= 15 is 0 Å². The van der Waals surface area contributed by atoms with Gasteiger partial charge >= 0.3 is 0 Å². The molecule has 4 nitrogen and oxygen atoms in total. The van der Waals surface area contributed by atoms with E-state index in [1.54, 1.807) is 0 Å². The number of nitrogens with zero attached hydrogens (tertiary/aromatic N) is 2. The molecule has 0 saturated heterocycles. The van der Waals surface area contributed by atoms with Crippen molar-refractivity contribution in [1.82, 2.24) is 0 Å². The molecule has 2 aromatic carbocycles. The van der Waals surface area contributed by atoms with Crippen LogP contribution in [0.3, 0.4) is 0 Å². The molecule has 0 aromatic heterocycles. The first-order chi connectivity index (χ1) is 11.7. The Morgan fingerprint density at radius 2 is 1.62 bits per heavy atom. The summed E-state index contributed by atoms with van der Waals surface area (Å²) < 4.78 is 0. The van der Waals surface area contributed by atoms with Crippen molar-refractivity contribution >= 4 is 47.8 Å². The van der Waals surface area contributed by atoms with E-state index < -0.39 is 0 Å². The molecule has 0 unspecified atom stereocenters. The SMILES string of the molecule is Cl.Cl.Nc1ccc(CC(=O)N2CCN(CC3CC3)c3ccccc32)cc1. The van der Waals surface area contributed by atoms with Gasteiger partial charge in [0.05, 0.1) is 17.8 Å². The second-order valence-electron chi connectivity index (χ2n) is 6.84. The van der Waals surface area contributed by atoms with Gasteiger partial charge in [-0.15, -0.1) is 24.8 Å². The van der Waals surface area contributed by atoms with Gasteiger partial charge in [-0.1, -0.05) is 24.3 Å². The maximum absolute atomic E-state index is 12.8. The molecule has 4 rings (SSSR count). The van der Waals surface area contributed by atoms with Crippen LogP contribution in [0, 0.1) is 5.92 Å². The van der Waals surface area contributed by atoms with Crippen LogP contribution >= 0.6 is 24.8 Å². The fraction of sp³-hybridized carbons (Fsp3) is 0.350. The van der Waals surface area contributed by atoms with Crippen molar-refractivity contribution in [3.05, 3.63) is 54.1 Å². The minimum absolute atomic E-state index is 0. The van der Waals surface area contributed by atoms with E-state index in [1.165, 1.54) is 18.5 Å². The van der Waals surface area contributed by atoms with Crippen molar-refractivity contribution in [2.75, 3.05) is 35.2 Å². The number of anilines is 3. The van der Waals surface area contributed by atoms with Gasteiger partial charge < -0.3 is 15.5 Å². The second-order valence-corrected chi connectivity index (χ2v) is 6.84. The van der Waals surface area contributed by atoms with Crippen molar-refractivity contribution in [2.45, 2.75) is 19.3 Å². The van der Waals surface area contributed by atoms with E-state index in [0.717, 1.165) is 42.5 Å². The van der Waals surface area contributed by atoms with Crippen molar-refractivity contribution in [2.24, 2.45) is 5.92 Å². The van der Waals surface area contributed by atoms with Gasteiger partial charge in [0.25, 0.3) is 0 Å². The Kier molecular flexibility index (Phi) is 6.79. The predicted molar refractivity (Wildman–Crippen MR) is 113 cm³/mol. The number of hydrogen-bond donors (Lipinski definition) is 1. The number of carbonyl (C=O) groups excluding carboxylic acids is 1. The summed E-state index contributed by atoms with van der Waals surface area (Å²) >= 11 is 0. The molecule has 26 heavy (non-hydrogen) atoms. The quantitative estimate of drug-likeness (QED) is 0.800. The Bertz CT molecular complexity index is 747. The number of carbonyl (C=O) groups is 1. The molecule has 2 N–H and O–H groups in total. The molecule has 2 aromatic rings. The first-order valence-electron chi connectivity index (χ1n) is 8.69. The average Bonchev–Trinajstić information content (AvgIpc) is 3.41. The lowest BCUT2D eigenvalue weighted by atomic mass is 10.1. The Morgan fingerprint density at radius 1 is 0.962 bits per heavy atom. The van der Waals surface area contributed by atoms with Crippen molar-refractivity contribution in [3.8, 4) is 0 Å². The summed E-state index contributed by atoms with van der Waals surface area (Å²) in [5.74, 6) is 0.994. The van der Waals surface area contributed by atoms with Crippen molar-refractivity contribution in [1.29, 1.82) is 0 Å². The fourth-order valence-electron chi connectivity index (χ4n) is 3.39. The third-order valence-electron chi connectivity index (χ3n) is 4.92. The van der Waals surface area contributed by atoms with Crippen LogP contribution in [0.15, 0.2) is 48.5 Å². The summed E-state index contributed by atoms with van der Waals surface area (Å²) in [5, 5.41) is 0. The zero-order valence-electron chi connectivity index (χ0n) is 14.6. The van der Waals surface area contributed by atoms with Gasteiger partial charge in [-0.2, -0.15) is 0 Å². The number of nitrogens with two attached hydrogens (primary N) is 1. The van der Waals surface area contributed by atoms with Crippen molar-refractivity contribution in [3.63, 3.8) is 0 Å². The molecule has 1 amide bonds. The maximum atomic E-state index is 12.8. The van der Waals surface area contributed by atoms with E-state index in [1.807, 2.05) is 35.2 Å². The highest BCUT2D eigenvalue weighted by atomic mass is 35.5. The molecule has 6 heteroatoms. The maximum Gasteiger partial charge on any atom is 0.231 e.